The molecule has 0 heterocycles. The summed E-state index contributed by atoms with van der Waals surface area (Å²) >= 11 is 0. The Balaban J connectivity index is 2.15. The van der Waals surface area contributed by atoms with E-state index in [1.54, 1.807) is 18.2 Å². The molecule has 6 nitrogen and oxygen atoms in total. The molecule has 0 aromatic heterocycles. The lowest BCUT2D eigenvalue weighted by Gasteiger charge is -2.12. The highest BCUT2D eigenvalue weighted by Gasteiger charge is 2.17. The first kappa shape index (κ1) is 19.7. The fourth-order valence-electron chi connectivity index (χ4n) is 2.38. The third kappa shape index (κ3) is 4.93. The van der Waals surface area contributed by atoms with Gasteiger partial charge in [0, 0.05) is 6.08 Å². The van der Waals surface area contributed by atoms with Gasteiger partial charge in [-0.3, -0.25) is 4.79 Å². The topological polar surface area (TPSA) is 84.5 Å². The minimum atomic E-state index is -3.67. The van der Waals surface area contributed by atoms with Crippen LogP contribution in [0.25, 0.3) is 6.08 Å². The molecule has 26 heavy (non-hydrogen) atoms. The standard InChI is InChI=1S/C19H22N2O4S/c1-14(16-7-5-4-6-8-16)21-19(22)12-10-15-9-11-17(25-3)18(13-15)26(23,24)20-2/h4-14,20H,1-3H3,(H,21,22)/b12-10+. The third-order valence-corrected chi connectivity index (χ3v) is 5.27. The van der Waals surface area contributed by atoms with E-state index < -0.39 is 10.0 Å². The van der Waals surface area contributed by atoms with Crippen molar-refractivity contribution in [1.82, 2.24) is 10.0 Å². The average Bonchev–Trinajstić information content (AvgIpc) is 2.66. The predicted molar refractivity (Wildman–Crippen MR) is 101 cm³/mol. The Morgan fingerprint density at radius 3 is 2.46 bits per heavy atom. The number of hydrogen-bond acceptors (Lipinski definition) is 4. The van der Waals surface area contributed by atoms with Gasteiger partial charge in [-0.1, -0.05) is 36.4 Å². The number of nitrogens with one attached hydrogen (secondary N) is 2. The van der Waals surface area contributed by atoms with E-state index in [0.29, 0.717) is 5.56 Å². The molecule has 1 unspecified atom stereocenters. The zero-order chi connectivity index (χ0) is 19.2. The second kappa shape index (κ2) is 8.64. The van der Waals surface area contributed by atoms with E-state index >= 15 is 0 Å². The molecular formula is C19H22N2O4S. The van der Waals surface area contributed by atoms with Crippen molar-refractivity contribution in [3.05, 3.63) is 65.7 Å². The number of rotatable bonds is 7. The largest absolute Gasteiger partial charge is 0.495 e. The molecule has 0 aliphatic heterocycles. The minimum Gasteiger partial charge on any atom is -0.495 e. The van der Waals surface area contributed by atoms with Gasteiger partial charge in [-0.15, -0.1) is 0 Å². The number of carbonyl (C=O) groups is 1. The third-order valence-electron chi connectivity index (χ3n) is 3.83. The fourth-order valence-corrected chi connectivity index (χ4v) is 3.30. The van der Waals surface area contributed by atoms with Crippen molar-refractivity contribution >= 4 is 22.0 Å². The number of sulfonamides is 1. The van der Waals surface area contributed by atoms with Crippen molar-refractivity contribution in [3.63, 3.8) is 0 Å². The summed E-state index contributed by atoms with van der Waals surface area (Å²) < 4.78 is 31.5. The van der Waals surface area contributed by atoms with Crippen LogP contribution < -0.4 is 14.8 Å². The van der Waals surface area contributed by atoms with Crippen LogP contribution in [-0.4, -0.2) is 28.5 Å². The maximum Gasteiger partial charge on any atom is 0.244 e. The van der Waals surface area contributed by atoms with Crippen molar-refractivity contribution < 1.29 is 17.9 Å². The van der Waals surface area contributed by atoms with Crippen molar-refractivity contribution in [3.8, 4) is 5.75 Å². The molecule has 1 amide bonds. The molecule has 2 aromatic rings. The molecule has 7 heteroatoms. The summed E-state index contributed by atoms with van der Waals surface area (Å²) in [7, 11) is -0.937. The number of amides is 1. The van der Waals surface area contributed by atoms with E-state index in [2.05, 4.69) is 10.0 Å². The van der Waals surface area contributed by atoms with Crippen molar-refractivity contribution in [2.45, 2.75) is 17.9 Å². The number of ether oxygens (including phenoxy) is 1. The molecule has 0 radical (unpaired) electrons. The van der Waals surface area contributed by atoms with Crippen LogP contribution in [0.1, 0.15) is 24.1 Å². The molecule has 2 aromatic carbocycles. The zero-order valence-electron chi connectivity index (χ0n) is 14.9. The van der Waals surface area contributed by atoms with Gasteiger partial charge in [-0.25, -0.2) is 13.1 Å². The molecule has 1 atom stereocenters. The van der Waals surface area contributed by atoms with E-state index in [0.717, 1.165) is 5.56 Å². The van der Waals surface area contributed by atoms with E-state index in [1.165, 1.54) is 26.3 Å². The van der Waals surface area contributed by atoms with Gasteiger partial charge >= 0.3 is 0 Å². The van der Waals surface area contributed by atoms with Crippen molar-refractivity contribution in [1.29, 1.82) is 0 Å². The maximum absolute atomic E-state index is 12.1. The molecule has 2 N–H and O–H groups in total. The Kier molecular flexibility index (Phi) is 6.54. The van der Waals surface area contributed by atoms with Gasteiger partial charge in [0.15, 0.2) is 0 Å². The van der Waals surface area contributed by atoms with E-state index in [-0.39, 0.29) is 22.6 Å². The molecule has 2 rings (SSSR count). The van der Waals surface area contributed by atoms with Gasteiger partial charge in [0.2, 0.25) is 15.9 Å². The fraction of sp³-hybridized carbons (Fsp3) is 0.211. The van der Waals surface area contributed by atoms with Crippen LogP contribution in [0, 0.1) is 0 Å². The smallest absolute Gasteiger partial charge is 0.244 e. The van der Waals surface area contributed by atoms with Crippen LogP contribution in [0.4, 0.5) is 0 Å². The van der Waals surface area contributed by atoms with Crippen LogP contribution in [0.15, 0.2) is 59.5 Å². The van der Waals surface area contributed by atoms with Crippen molar-refractivity contribution in [2.24, 2.45) is 0 Å². The second-order valence-corrected chi connectivity index (χ2v) is 7.45. The van der Waals surface area contributed by atoms with Crippen LogP contribution in [-0.2, 0) is 14.8 Å². The Labute approximate surface area is 153 Å². The molecule has 0 aliphatic carbocycles. The number of carbonyl (C=O) groups excluding carboxylic acids is 1. The summed E-state index contributed by atoms with van der Waals surface area (Å²) in [5, 5.41) is 2.86. The number of hydrogen-bond donors (Lipinski definition) is 2. The van der Waals surface area contributed by atoms with Gasteiger partial charge < -0.3 is 10.1 Å². The average molecular weight is 374 g/mol. The summed E-state index contributed by atoms with van der Waals surface area (Å²) in [4.78, 5) is 12.1. The van der Waals surface area contributed by atoms with E-state index in [1.807, 2.05) is 37.3 Å². The SMILES string of the molecule is CNS(=O)(=O)c1cc(/C=C/C(=O)NC(C)c2ccccc2)ccc1OC. The van der Waals surface area contributed by atoms with E-state index in [4.69, 9.17) is 4.74 Å². The van der Waals surface area contributed by atoms with Gasteiger partial charge in [0.25, 0.3) is 0 Å². The van der Waals surface area contributed by atoms with Gasteiger partial charge in [0.05, 0.1) is 13.2 Å². The van der Waals surface area contributed by atoms with Crippen LogP contribution in [0.5, 0.6) is 5.75 Å². The maximum atomic E-state index is 12.1. The molecule has 0 spiro atoms. The summed E-state index contributed by atoms with van der Waals surface area (Å²) in [5.74, 6) is -0.0335. The highest BCUT2D eigenvalue weighted by molar-refractivity contribution is 7.89. The monoisotopic (exact) mass is 374 g/mol. The molecule has 0 bridgehead atoms. The molecule has 0 fully saturated rings. The molecule has 0 saturated carbocycles. The zero-order valence-corrected chi connectivity index (χ0v) is 15.7. The van der Waals surface area contributed by atoms with E-state index in [9.17, 15) is 13.2 Å². The second-order valence-electron chi connectivity index (χ2n) is 5.59. The first-order chi connectivity index (χ1) is 12.4. The molecule has 0 saturated heterocycles. The van der Waals surface area contributed by atoms with Crippen LogP contribution >= 0.6 is 0 Å². The lowest BCUT2D eigenvalue weighted by molar-refractivity contribution is -0.117. The van der Waals surface area contributed by atoms with Crippen LogP contribution in [0.2, 0.25) is 0 Å². The molecule has 0 aliphatic rings. The highest BCUT2D eigenvalue weighted by atomic mass is 32.2. The lowest BCUT2D eigenvalue weighted by atomic mass is 10.1. The van der Waals surface area contributed by atoms with Gasteiger partial charge in [0.1, 0.15) is 10.6 Å². The molecular weight excluding hydrogens is 352 g/mol. The Hall–Kier alpha value is -2.64. The lowest BCUT2D eigenvalue weighted by Crippen LogP contribution is -2.24. The molecule has 138 valence electrons. The summed E-state index contributed by atoms with van der Waals surface area (Å²) in [6.07, 6.45) is 2.93. The predicted octanol–water partition coefficient (Wildman–Crippen LogP) is 2.49. The summed E-state index contributed by atoms with van der Waals surface area (Å²) in [5.41, 5.74) is 1.57. The minimum absolute atomic E-state index is 0.0164. The van der Waals surface area contributed by atoms with Crippen LogP contribution in [0.3, 0.4) is 0 Å². The Bertz CT molecular complexity index is 893. The van der Waals surface area contributed by atoms with Gasteiger partial charge in [-0.05, 0) is 43.3 Å². The van der Waals surface area contributed by atoms with Crippen molar-refractivity contribution in [2.75, 3.05) is 14.2 Å². The number of benzene rings is 2. The number of methoxy groups -OCH3 is 1. The first-order valence-corrected chi connectivity index (χ1v) is 9.51. The Morgan fingerprint density at radius 1 is 1.15 bits per heavy atom. The highest BCUT2D eigenvalue weighted by Crippen LogP contribution is 2.25. The normalized spacial score (nSPS) is 12.7. The summed E-state index contributed by atoms with van der Waals surface area (Å²) in [6.45, 7) is 1.89. The summed E-state index contributed by atoms with van der Waals surface area (Å²) in [6, 6.07) is 14.2. The first-order valence-electron chi connectivity index (χ1n) is 8.02. The quantitative estimate of drug-likeness (QED) is 0.729. The Morgan fingerprint density at radius 2 is 1.85 bits per heavy atom. The van der Waals surface area contributed by atoms with Gasteiger partial charge in [-0.2, -0.15) is 0 Å².